The fraction of sp³-hybridized carbons (Fsp3) is 0.321. The lowest BCUT2D eigenvalue weighted by molar-refractivity contribution is 0.0974. The van der Waals surface area contributed by atoms with Crippen molar-refractivity contribution in [1.82, 2.24) is 0 Å². The van der Waals surface area contributed by atoms with E-state index in [0.29, 0.717) is 0 Å². The zero-order valence-corrected chi connectivity index (χ0v) is 19.0. The number of nitrogens with zero attached hydrogens (tertiary/aromatic N) is 1. The van der Waals surface area contributed by atoms with Crippen LogP contribution in [0.2, 0.25) is 0 Å². The highest BCUT2D eigenvalue weighted by Gasteiger charge is 2.35. The first-order valence-corrected chi connectivity index (χ1v) is 11.3. The van der Waals surface area contributed by atoms with Gasteiger partial charge in [0.15, 0.2) is 0 Å². The summed E-state index contributed by atoms with van der Waals surface area (Å²) in [6.45, 7) is 8.57. The molecule has 3 aromatic carbocycles. The van der Waals surface area contributed by atoms with Crippen molar-refractivity contribution in [3.8, 4) is 0 Å². The van der Waals surface area contributed by atoms with Crippen molar-refractivity contribution in [2.24, 2.45) is 0 Å². The molecular formula is C28H32N2O. The molecule has 0 saturated heterocycles. The number of carbonyl (C=O) groups is 1. The highest BCUT2D eigenvalue weighted by Crippen LogP contribution is 2.41. The van der Waals surface area contributed by atoms with Gasteiger partial charge in [0.05, 0.1) is 11.7 Å². The number of hydrogen-bond donors (Lipinski definition) is 1. The second kappa shape index (κ2) is 8.97. The highest BCUT2D eigenvalue weighted by atomic mass is 16.2. The Morgan fingerprint density at radius 1 is 0.968 bits per heavy atom. The standard InChI is InChI=1S/C28H32N2O/c1-5-9-22-14-16-23(17-15-22)28(31)30-21(4)18-26(24-12-8-11-20(3)27(24)30)29-25-13-7-6-10-19(25)2/h6-8,10-17,21,26,29H,5,9,18H2,1-4H3/t21-,26-/m0/s1. The van der Waals surface area contributed by atoms with E-state index in [4.69, 9.17) is 0 Å². The van der Waals surface area contributed by atoms with Gasteiger partial charge >= 0.3 is 0 Å². The SMILES string of the molecule is CCCc1ccc(C(=O)N2c3c(C)cccc3[C@@H](Nc3ccccc3C)C[C@@H]2C)cc1. The van der Waals surface area contributed by atoms with Crippen LogP contribution in [0.1, 0.15) is 65.3 Å². The predicted molar refractivity (Wildman–Crippen MR) is 130 cm³/mol. The number of fused-ring (bicyclic) bond motifs is 1. The number of nitrogens with one attached hydrogen (secondary N) is 1. The van der Waals surface area contributed by atoms with Gasteiger partial charge in [-0.15, -0.1) is 0 Å². The van der Waals surface area contributed by atoms with Crippen molar-refractivity contribution in [3.63, 3.8) is 0 Å². The summed E-state index contributed by atoms with van der Waals surface area (Å²) in [5, 5.41) is 3.75. The number of carbonyl (C=O) groups excluding carboxylic acids is 1. The summed E-state index contributed by atoms with van der Waals surface area (Å²) in [7, 11) is 0. The Morgan fingerprint density at radius 2 is 1.68 bits per heavy atom. The molecule has 3 aromatic rings. The smallest absolute Gasteiger partial charge is 0.258 e. The van der Waals surface area contributed by atoms with Gasteiger partial charge in [-0.3, -0.25) is 4.79 Å². The molecule has 3 heteroatoms. The van der Waals surface area contributed by atoms with E-state index in [0.717, 1.165) is 41.8 Å². The molecule has 3 nitrogen and oxygen atoms in total. The van der Waals surface area contributed by atoms with Crippen LogP contribution in [0, 0.1) is 13.8 Å². The molecule has 1 heterocycles. The van der Waals surface area contributed by atoms with Crippen LogP contribution >= 0.6 is 0 Å². The van der Waals surface area contributed by atoms with Crippen LogP contribution in [0.5, 0.6) is 0 Å². The summed E-state index contributed by atoms with van der Waals surface area (Å²) in [4.78, 5) is 15.6. The number of rotatable bonds is 5. The minimum atomic E-state index is 0.0837. The van der Waals surface area contributed by atoms with Crippen molar-refractivity contribution in [3.05, 3.63) is 94.5 Å². The van der Waals surface area contributed by atoms with Crippen LogP contribution in [0.25, 0.3) is 0 Å². The second-order valence-corrected chi connectivity index (χ2v) is 8.73. The molecule has 1 N–H and O–H groups in total. The van der Waals surface area contributed by atoms with E-state index in [1.54, 1.807) is 0 Å². The Morgan fingerprint density at radius 3 is 2.39 bits per heavy atom. The fourth-order valence-corrected chi connectivity index (χ4v) is 4.69. The van der Waals surface area contributed by atoms with Gasteiger partial charge in [-0.25, -0.2) is 0 Å². The van der Waals surface area contributed by atoms with Crippen LogP contribution in [-0.4, -0.2) is 11.9 Å². The van der Waals surface area contributed by atoms with E-state index in [2.05, 4.69) is 87.6 Å². The molecule has 0 radical (unpaired) electrons. The minimum absolute atomic E-state index is 0.0837. The molecule has 1 aliphatic rings. The predicted octanol–water partition coefficient (Wildman–Crippen LogP) is 6.85. The molecule has 1 amide bonds. The van der Waals surface area contributed by atoms with Gasteiger partial charge in [0.25, 0.3) is 5.91 Å². The van der Waals surface area contributed by atoms with Crippen LogP contribution in [0.3, 0.4) is 0 Å². The summed E-state index contributed by atoms with van der Waals surface area (Å²) in [5.41, 5.74) is 7.80. The van der Waals surface area contributed by atoms with E-state index in [1.807, 2.05) is 17.0 Å². The van der Waals surface area contributed by atoms with Crippen molar-refractivity contribution in [2.75, 3.05) is 10.2 Å². The van der Waals surface area contributed by atoms with E-state index in [-0.39, 0.29) is 18.0 Å². The van der Waals surface area contributed by atoms with Crippen molar-refractivity contribution < 1.29 is 4.79 Å². The molecule has 160 valence electrons. The Hall–Kier alpha value is -3.07. The Balaban J connectivity index is 1.69. The molecule has 0 spiro atoms. The number of para-hydroxylation sites is 2. The zero-order valence-electron chi connectivity index (χ0n) is 19.0. The van der Waals surface area contributed by atoms with Crippen LogP contribution in [0.15, 0.2) is 66.7 Å². The van der Waals surface area contributed by atoms with Crippen molar-refractivity contribution >= 4 is 17.3 Å². The van der Waals surface area contributed by atoms with Crippen LogP contribution < -0.4 is 10.2 Å². The largest absolute Gasteiger partial charge is 0.378 e. The van der Waals surface area contributed by atoms with Gasteiger partial charge in [0, 0.05) is 17.3 Å². The number of benzene rings is 3. The summed E-state index contributed by atoms with van der Waals surface area (Å²) < 4.78 is 0. The number of aryl methyl sites for hydroxylation is 3. The van der Waals surface area contributed by atoms with E-state index in [9.17, 15) is 4.79 Å². The van der Waals surface area contributed by atoms with Crippen molar-refractivity contribution in [2.45, 2.75) is 59.0 Å². The maximum absolute atomic E-state index is 13.6. The van der Waals surface area contributed by atoms with Gasteiger partial charge in [-0.1, -0.05) is 61.9 Å². The maximum Gasteiger partial charge on any atom is 0.258 e. The maximum atomic E-state index is 13.6. The first-order chi connectivity index (χ1) is 15.0. The molecule has 4 rings (SSSR count). The number of amides is 1. The summed E-state index contributed by atoms with van der Waals surface area (Å²) in [6.07, 6.45) is 3.02. The summed E-state index contributed by atoms with van der Waals surface area (Å²) >= 11 is 0. The molecular weight excluding hydrogens is 380 g/mol. The fourth-order valence-electron chi connectivity index (χ4n) is 4.69. The third-order valence-corrected chi connectivity index (χ3v) is 6.34. The van der Waals surface area contributed by atoms with Gasteiger partial charge in [-0.05, 0) is 74.1 Å². The molecule has 0 aliphatic carbocycles. The molecule has 31 heavy (non-hydrogen) atoms. The molecule has 0 saturated carbocycles. The van der Waals surface area contributed by atoms with Crippen molar-refractivity contribution in [1.29, 1.82) is 0 Å². The van der Waals surface area contributed by atoms with E-state index < -0.39 is 0 Å². The van der Waals surface area contributed by atoms with Gasteiger partial charge in [-0.2, -0.15) is 0 Å². The Bertz CT molecular complexity index is 1070. The molecule has 0 aromatic heterocycles. The summed E-state index contributed by atoms with van der Waals surface area (Å²) in [6, 6.07) is 23.2. The topological polar surface area (TPSA) is 32.3 Å². The van der Waals surface area contributed by atoms with Crippen LogP contribution in [-0.2, 0) is 6.42 Å². The lowest BCUT2D eigenvalue weighted by Gasteiger charge is -2.41. The van der Waals surface area contributed by atoms with Crippen LogP contribution in [0.4, 0.5) is 11.4 Å². The first kappa shape index (κ1) is 21.2. The highest BCUT2D eigenvalue weighted by molar-refractivity contribution is 6.07. The quantitative estimate of drug-likeness (QED) is 0.497. The average Bonchev–Trinajstić information content (AvgIpc) is 2.76. The molecule has 0 fully saturated rings. The third kappa shape index (κ3) is 4.23. The first-order valence-electron chi connectivity index (χ1n) is 11.3. The molecule has 1 aliphatic heterocycles. The minimum Gasteiger partial charge on any atom is -0.378 e. The lowest BCUT2D eigenvalue weighted by atomic mass is 9.88. The molecule has 0 unspecified atom stereocenters. The second-order valence-electron chi connectivity index (χ2n) is 8.73. The third-order valence-electron chi connectivity index (χ3n) is 6.34. The summed E-state index contributed by atoms with van der Waals surface area (Å²) in [5.74, 6) is 0.0837. The monoisotopic (exact) mass is 412 g/mol. The molecule has 2 atom stereocenters. The average molecular weight is 413 g/mol. The Labute approximate surface area is 186 Å². The normalized spacial score (nSPS) is 17.9. The van der Waals surface area contributed by atoms with E-state index >= 15 is 0 Å². The van der Waals surface area contributed by atoms with Gasteiger partial charge in [0.1, 0.15) is 0 Å². The number of anilines is 2. The van der Waals surface area contributed by atoms with E-state index in [1.165, 1.54) is 16.7 Å². The lowest BCUT2D eigenvalue weighted by Crippen LogP contribution is -2.44. The van der Waals surface area contributed by atoms with Gasteiger partial charge < -0.3 is 10.2 Å². The number of hydrogen-bond acceptors (Lipinski definition) is 2. The Kier molecular flexibility index (Phi) is 6.13. The molecule has 0 bridgehead atoms. The zero-order chi connectivity index (χ0) is 22.0. The van der Waals surface area contributed by atoms with Gasteiger partial charge in [0.2, 0.25) is 0 Å².